The van der Waals surface area contributed by atoms with E-state index >= 15 is 0 Å². The van der Waals surface area contributed by atoms with Crippen molar-refractivity contribution >= 4 is 39.0 Å². The van der Waals surface area contributed by atoms with Crippen LogP contribution in [0.4, 0.5) is 0 Å². The van der Waals surface area contributed by atoms with Crippen molar-refractivity contribution in [3.63, 3.8) is 0 Å². The van der Waals surface area contributed by atoms with Gasteiger partial charge in [0.25, 0.3) is 0 Å². The van der Waals surface area contributed by atoms with E-state index in [1.165, 1.54) is 28.7 Å². The zero-order valence-electron chi connectivity index (χ0n) is 27.1. The van der Waals surface area contributed by atoms with Gasteiger partial charge in [-0.1, -0.05) is 48.9 Å². The lowest BCUT2D eigenvalue weighted by Gasteiger charge is -2.44. The molecular formula is C39H42N2O3S2. The summed E-state index contributed by atoms with van der Waals surface area (Å²) in [6, 6.07) is 20.5. The molecule has 7 heteroatoms. The fourth-order valence-electron chi connectivity index (χ4n) is 7.63. The third kappa shape index (κ3) is 6.21. The number of benzene rings is 2. The molecule has 0 spiro atoms. The third-order valence-electron chi connectivity index (χ3n) is 10.4. The Hall–Kier alpha value is -3.28. The molecule has 0 aliphatic heterocycles. The minimum atomic E-state index is -1.04. The average molecular weight is 651 g/mol. The fourth-order valence-corrected chi connectivity index (χ4v) is 10.1. The molecule has 2 aromatic heterocycles. The number of aliphatic hydroxyl groups is 2. The number of rotatable bonds is 5. The maximum absolute atomic E-state index is 14.4. The summed E-state index contributed by atoms with van der Waals surface area (Å²) in [6.07, 6.45) is 6.62. The quantitative estimate of drug-likeness (QED) is 0.127. The van der Waals surface area contributed by atoms with E-state index in [1.807, 2.05) is 56.3 Å². The first-order valence-corrected chi connectivity index (χ1v) is 18.0. The number of hydrogen-bond acceptors (Lipinski definition) is 7. The van der Waals surface area contributed by atoms with Crippen molar-refractivity contribution in [2.45, 2.75) is 95.3 Å². The fraction of sp³-hybridized carbons (Fsp3) is 0.410. The molecule has 2 bridgehead atoms. The number of pyridine rings is 1. The number of hydrogen-bond donors (Lipinski definition) is 2. The minimum Gasteiger partial charge on any atom is -0.393 e. The van der Waals surface area contributed by atoms with Gasteiger partial charge in [0, 0.05) is 27.1 Å². The van der Waals surface area contributed by atoms with Crippen LogP contribution in [0.1, 0.15) is 101 Å². The lowest BCUT2D eigenvalue weighted by molar-refractivity contribution is -0.0422. The molecule has 4 aromatic rings. The standard InChI is InChI=1S/C39H42N2O3S2/c1-24-8-7-16-38(4)33(15-17-39(38,44)23-45-37-32(22-40)25(2)18-26(3)41-37)30-14-12-27(19-29(42)13-11-24)20-31(30)36(43)35-21-28-9-5-6-10-34(28)46-35/h5-6,8-10,12,14,18,20-21,29,33,42,44H,7,11,13,15-17,19,23H2,1-4H3. The zero-order chi connectivity index (χ0) is 32.6. The number of fused-ring (bicyclic) bond motifs is 9. The van der Waals surface area contributed by atoms with Crippen LogP contribution in [0.3, 0.4) is 0 Å². The number of allylic oxidation sites excluding steroid dienone is 2. The van der Waals surface area contributed by atoms with Crippen molar-refractivity contribution in [1.29, 1.82) is 5.26 Å². The Morgan fingerprint density at radius 3 is 2.70 bits per heavy atom. The van der Waals surface area contributed by atoms with E-state index in [-0.39, 0.29) is 11.7 Å². The second-order valence-electron chi connectivity index (χ2n) is 13.6. The summed E-state index contributed by atoms with van der Waals surface area (Å²) in [6.45, 7) is 8.19. The van der Waals surface area contributed by atoms with Gasteiger partial charge < -0.3 is 10.2 Å². The number of aromatic nitrogens is 1. The van der Waals surface area contributed by atoms with Gasteiger partial charge in [-0.3, -0.25) is 4.79 Å². The molecule has 4 unspecified atom stereocenters. The first kappa shape index (κ1) is 32.7. The molecule has 2 aromatic carbocycles. The van der Waals surface area contributed by atoms with Crippen LogP contribution in [-0.4, -0.2) is 38.4 Å². The molecule has 5 nitrogen and oxygen atoms in total. The highest BCUT2D eigenvalue weighted by Gasteiger charge is 2.56. The van der Waals surface area contributed by atoms with Crippen LogP contribution >= 0.6 is 23.1 Å². The molecule has 2 N–H and O–H groups in total. The molecule has 46 heavy (non-hydrogen) atoms. The predicted octanol–water partition coefficient (Wildman–Crippen LogP) is 8.85. The smallest absolute Gasteiger partial charge is 0.203 e. The first-order chi connectivity index (χ1) is 22.0. The van der Waals surface area contributed by atoms with Gasteiger partial charge in [0.1, 0.15) is 11.1 Å². The number of nitrogens with zero attached hydrogens (tertiary/aromatic N) is 2. The lowest BCUT2D eigenvalue weighted by atomic mass is 9.65. The van der Waals surface area contributed by atoms with E-state index < -0.39 is 17.1 Å². The van der Waals surface area contributed by atoms with Gasteiger partial charge in [0.05, 0.1) is 22.1 Å². The number of ketones is 1. The zero-order valence-corrected chi connectivity index (χ0v) is 28.7. The van der Waals surface area contributed by atoms with Gasteiger partial charge in [0.15, 0.2) is 0 Å². The second kappa shape index (κ2) is 13.1. The number of carbonyl (C=O) groups excluding carboxylic acids is 1. The van der Waals surface area contributed by atoms with Crippen molar-refractivity contribution in [3.05, 3.63) is 105 Å². The van der Waals surface area contributed by atoms with E-state index in [9.17, 15) is 20.3 Å². The number of aryl methyl sites for hydroxylation is 2. The van der Waals surface area contributed by atoms with E-state index in [0.717, 1.165) is 58.2 Å². The molecule has 0 amide bonds. The highest BCUT2D eigenvalue weighted by Crippen LogP contribution is 2.59. The van der Waals surface area contributed by atoms with Crippen molar-refractivity contribution in [3.8, 4) is 6.07 Å². The van der Waals surface area contributed by atoms with Crippen LogP contribution in [0.2, 0.25) is 0 Å². The number of thioether (sulfide) groups is 1. The average Bonchev–Trinajstić information content (AvgIpc) is 3.57. The summed E-state index contributed by atoms with van der Waals surface area (Å²) in [7, 11) is 0. The van der Waals surface area contributed by atoms with Crippen LogP contribution < -0.4 is 0 Å². The van der Waals surface area contributed by atoms with Gasteiger partial charge in [-0.15, -0.1) is 23.1 Å². The van der Waals surface area contributed by atoms with Gasteiger partial charge in [0.2, 0.25) is 5.78 Å². The largest absolute Gasteiger partial charge is 0.393 e. The summed E-state index contributed by atoms with van der Waals surface area (Å²) in [4.78, 5) is 19.8. The van der Waals surface area contributed by atoms with Crippen LogP contribution in [0, 0.1) is 30.6 Å². The maximum Gasteiger partial charge on any atom is 0.203 e. The SMILES string of the molecule is CC1=CCCC2(C)C(CCC2(O)CSc2nc(C)cc(C)c2C#N)c2ccc(cc2C(=O)c2cc3ccccc3s2)CC(O)CC1. The minimum absolute atomic E-state index is 0.000590. The van der Waals surface area contributed by atoms with E-state index in [1.54, 1.807) is 0 Å². The molecule has 238 valence electrons. The molecule has 1 saturated carbocycles. The molecular weight excluding hydrogens is 609 g/mol. The van der Waals surface area contributed by atoms with Gasteiger partial charge in [-0.25, -0.2) is 4.98 Å². The third-order valence-corrected chi connectivity index (χ3v) is 12.7. The Morgan fingerprint density at radius 2 is 1.91 bits per heavy atom. The van der Waals surface area contributed by atoms with Crippen molar-refractivity contribution in [1.82, 2.24) is 4.98 Å². The van der Waals surface area contributed by atoms with Crippen LogP contribution in [0.25, 0.3) is 10.1 Å². The van der Waals surface area contributed by atoms with Gasteiger partial charge >= 0.3 is 0 Å². The molecule has 0 saturated heterocycles. The normalized spacial score (nSPS) is 25.1. The molecule has 2 heterocycles. The Labute approximate surface area is 280 Å². The highest BCUT2D eigenvalue weighted by atomic mass is 32.2. The lowest BCUT2D eigenvalue weighted by Crippen LogP contribution is -2.46. The molecule has 7 rings (SSSR count). The van der Waals surface area contributed by atoms with Gasteiger partial charge in [-0.2, -0.15) is 5.26 Å². The van der Waals surface area contributed by atoms with Crippen LogP contribution in [0.15, 0.2) is 71.3 Å². The Morgan fingerprint density at radius 1 is 1.11 bits per heavy atom. The highest BCUT2D eigenvalue weighted by molar-refractivity contribution is 7.99. The molecule has 4 atom stereocenters. The number of aliphatic hydroxyl groups excluding tert-OH is 1. The maximum atomic E-state index is 14.4. The van der Waals surface area contributed by atoms with Crippen LogP contribution in [0.5, 0.6) is 0 Å². The number of thiophene rings is 1. The summed E-state index contributed by atoms with van der Waals surface area (Å²) in [5, 5.41) is 35.2. The number of nitriles is 1. The predicted molar refractivity (Wildman–Crippen MR) is 188 cm³/mol. The van der Waals surface area contributed by atoms with Crippen molar-refractivity contribution in [2.24, 2.45) is 5.41 Å². The van der Waals surface area contributed by atoms with Crippen molar-refractivity contribution < 1.29 is 15.0 Å². The summed E-state index contributed by atoms with van der Waals surface area (Å²) in [5.74, 6) is 0.363. The molecule has 1 fully saturated rings. The first-order valence-electron chi connectivity index (χ1n) is 16.2. The Kier molecular flexibility index (Phi) is 9.29. The monoisotopic (exact) mass is 650 g/mol. The topological polar surface area (TPSA) is 94.2 Å². The molecule has 3 aliphatic rings. The summed E-state index contributed by atoms with van der Waals surface area (Å²) < 4.78 is 1.08. The Bertz CT molecular complexity index is 1840. The van der Waals surface area contributed by atoms with E-state index in [2.05, 4.69) is 38.1 Å². The van der Waals surface area contributed by atoms with Gasteiger partial charge in [-0.05, 0) is 118 Å². The molecule has 0 radical (unpaired) electrons. The van der Waals surface area contributed by atoms with E-state index in [0.29, 0.717) is 46.0 Å². The van der Waals surface area contributed by atoms with Crippen molar-refractivity contribution in [2.75, 3.05) is 5.75 Å². The summed E-state index contributed by atoms with van der Waals surface area (Å²) >= 11 is 2.99. The molecule has 3 aliphatic carbocycles. The number of carbonyl (C=O) groups is 1. The summed E-state index contributed by atoms with van der Waals surface area (Å²) in [5.41, 5.74) is 4.60. The van der Waals surface area contributed by atoms with Crippen LogP contribution in [-0.2, 0) is 6.42 Å². The van der Waals surface area contributed by atoms with E-state index in [4.69, 9.17) is 4.98 Å². The second-order valence-corrected chi connectivity index (χ2v) is 15.6. The Balaban J connectivity index is 1.43.